The summed E-state index contributed by atoms with van der Waals surface area (Å²) in [5, 5.41) is 24.9. The number of hydrogen-bond acceptors (Lipinski definition) is 6. The van der Waals surface area contributed by atoms with Crippen molar-refractivity contribution in [1.29, 1.82) is 0 Å². The molecule has 0 spiro atoms. The minimum atomic E-state index is -0.499. The van der Waals surface area contributed by atoms with Crippen molar-refractivity contribution in [3.8, 4) is 11.1 Å². The maximum Gasteiger partial charge on any atom is 0.237 e. The summed E-state index contributed by atoms with van der Waals surface area (Å²) in [4.78, 5) is 20.2. The van der Waals surface area contributed by atoms with E-state index in [4.69, 9.17) is 0 Å². The van der Waals surface area contributed by atoms with Crippen LogP contribution in [-0.2, 0) is 4.79 Å². The van der Waals surface area contributed by atoms with E-state index < -0.39 is 18.2 Å². The Hall–Kier alpha value is -2.35. The number of aliphatic hydroxyl groups excluding tert-OH is 2. The van der Waals surface area contributed by atoms with Gasteiger partial charge in [-0.25, -0.2) is 9.97 Å². The lowest BCUT2D eigenvalue weighted by Crippen LogP contribution is -2.42. The summed E-state index contributed by atoms with van der Waals surface area (Å²) in [5.41, 5.74) is 2.67. The molecule has 1 amide bonds. The molecule has 4 N–H and O–H groups in total. The standard InChI is InChI=1S/C17H20N4O3/c22-9-16(21-17(24)15-5-14(23)8-20-15)12-3-1-11(2-4-12)13-6-18-10-19-7-13/h1-4,6-7,10,14-16,20,22-23H,5,8-9H2,(H,21,24)/t14-,15+,16+/m1/s1. The normalized spacial score (nSPS) is 21.4. The van der Waals surface area contributed by atoms with Gasteiger partial charge in [0.25, 0.3) is 0 Å². The minimum Gasteiger partial charge on any atom is -0.394 e. The number of nitrogens with zero attached hydrogens (tertiary/aromatic N) is 2. The second-order valence-electron chi connectivity index (χ2n) is 5.84. The zero-order valence-electron chi connectivity index (χ0n) is 13.1. The predicted octanol–water partition coefficient (Wildman–Crippen LogP) is 0.0160. The Morgan fingerprint density at radius 1 is 1.25 bits per heavy atom. The Balaban J connectivity index is 1.68. The molecule has 24 heavy (non-hydrogen) atoms. The lowest BCUT2D eigenvalue weighted by atomic mass is 10.0. The summed E-state index contributed by atoms with van der Waals surface area (Å²) in [5.74, 6) is -0.217. The molecule has 3 atom stereocenters. The Labute approximate surface area is 139 Å². The van der Waals surface area contributed by atoms with Crippen LogP contribution < -0.4 is 10.6 Å². The highest BCUT2D eigenvalue weighted by Gasteiger charge is 2.29. The van der Waals surface area contributed by atoms with Gasteiger partial charge >= 0.3 is 0 Å². The van der Waals surface area contributed by atoms with Gasteiger partial charge in [0.2, 0.25) is 5.91 Å². The summed E-state index contributed by atoms with van der Waals surface area (Å²) in [6, 6.07) is 6.62. The molecule has 1 aliphatic rings. The number of benzene rings is 1. The summed E-state index contributed by atoms with van der Waals surface area (Å²) in [6.45, 7) is 0.213. The van der Waals surface area contributed by atoms with Crippen molar-refractivity contribution in [3.05, 3.63) is 48.5 Å². The molecule has 0 saturated carbocycles. The van der Waals surface area contributed by atoms with Gasteiger partial charge in [0, 0.05) is 24.5 Å². The van der Waals surface area contributed by atoms with E-state index in [1.807, 2.05) is 24.3 Å². The molecule has 1 aromatic carbocycles. The summed E-state index contributed by atoms with van der Waals surface area (Å²) in [7, 11) is 0. The van der Waals surface area contributed by atoms with Crippen molar-refractivity contribution in [2.45, 2.75) is 24.6 Å². The van der Waals surface area contributed by atoms with Crippen LogP contribution in [0, 0.1) is 0 Å². The fourth-order valence-electron chi connectivity index (χ4n) is 2.78. The molecule has 0 bridgehead atoms. The largest absolute Gasteiger partial charge is 0.394 e. The van der Waals surface area contributed by atoms with Crippen molar-refractivity contribution >= 4 is 5.91 Å². The minimum absolute atomic E-state index is 0.200. The number of hydrogen-bond donors (Lipinski definition) is 4. The fraction of sp³-hybridized carbons (Fsp3) is 0.353. The van der Waals surface area contributed by atoms with Gasteiger partial charge < -0.3 is 20.8 Å². The molecule has 0 aliphatic carbocycles. The molecule has 7 heteroatoms. The van der Waals surface area contributed by atoms with Gasteiger partial charge in [0.05, 0.1) is 24.8 Å². The van der Waals surface area contributed by atoms with Crippen LogP contribution in [-0.4, -0.2) is 51.4 Å². The number of nitrogens with one attached hydrogen (secondary N) is 2. The van der Waals surface area contributed by atoms with Crippen LogP contribution in [0.4, 0.5) is 0 Å². The third kappa shape index (κ3) is 3.76. The molecular formula is C17H20N4O3. The Kier molecular flexibility index (Phi) is 5.14. The van der Waals surface area contributed by atoms with Gasteiger partial charge in [-0.15, -0.1) is 0 Å². The van der Waals surface area contributed by atoms with Crippen LogP contribution in [0.15, 0.2) is 43.0 Å². The van der Waals surface area contributed by atoms with Gasteiger partial charge in [0.15, 0.2) is 0 Å². The zero-order valence-corrected chi connectivity index (χ0v) is 13.1. The van der Waals surface area contributed by atoms with Gasteiger partial charge in [-0.1, -0.05) is 24.3 Å². The first-order chi connectivity index (χ1) is 11.7. The number of aromatic nitrogens is 2. The third-order valence-electron chi connectivity index (χ3n) is 4.13. The maximum atomic E-state index is 12.2. The predicted molar refractivity (Wildman–Crippen MR) is 87.9 cm³/mol. The molecule has 1 aliphatic heterocycles. The highest BCUT2D eigenvalue weighted by Crippen LogP contribution is 2.21. The van der Waals surface area contributed by atoms with Gasteiger partial charge in [-0.05, 0) is 17.5 Å². The second kappa shape index (κ2) is 7.48. The molecule has 2 aromatic rings. The van der Waals surface area contributed by atoms with Crippen LogP contribution in [0.25, 0.3) is 11.1 Å². The van der Waals surface area contributed by atoms with Crippen molar-refractivity contribution in [1.82, 2.24) is 20.6 Å². The first kappa shape index (κ1) is 16.5. The molecule has 1 aromatic heterocycles. The zero-order chi connectivity index (χ0) is 16.9. The quantitative estimate of drug-likeness (QED) is 0.616. The number of rotatable bonds is 5. The molecule has 126 valence electrons. The first-order valence-electron chi connectivity index (χ1n) is 7.85. The highest BCUT2D eigenvalue weighted by molar-refractivity contribution is 5.82. The Morgan fingerprint density at radius 2 is 1.96 bits per heavy atom. The van der Waals surface area contributed by atoms with Crippen LogP contribution in [0.1, 0.15) is 18.0 Å². The highest BCUT2D eigenvalue weighted by atomic mass is 16.3. The SMILES string of the molecule is O=C(N[C@@H](CO)c1ccc(-c2cncnc2)cc1)[C@@H]1C[C@@H](O)CN1. The average molecular weight is 328 g/mol. The van der Waals surface area contributed by atoms with Crippen LogP contribution in [0.3, 0.4) is 0 Å². The fourth-order valence-corrected chi connectivity index (χ4v) is 2.78. The average Bonchev–Trinajstić information content (AvgIpc) is 3.07. The molecule has 0 radical (unpaired) electrons. The van der Waals surface area contributed by atoms with E-state index in [-0.39, 0.29) is 12.5 Å². The van der Waals surface area contributed by atoms with Gasteiger partial charge in [0.1, 0.15) is 6.33 Å². The summed E-state index contributed by atoms with van der Waals surface area (Å²) < 4.78 is 0. The van der Waals surface area contributed by atoms with Crippen LogP contribution >= 0.6 is 0 Å². The summed E-state index contributed by atoms with van der Waals surface area (Å²) >= 11 is 0. The molecule has 2 heterocycles. The van der Waals surface area contributed by atoms with Gasteiger partial charge in [-0.2, -0.15) is 0 Å². The Bertz CT molecular complexity index is 678. The maximum absolute atomic E-state index is 12.2. The van der Waals surface area contributed by atoms with E-state index in [0.29, 0.717) is 13.0 Å². The van der Waals surface area contributed by atoms with E-state index in [1.54, 1.807) is 12.4 Å². The molecule has 1 fully saturated rings. The first-order valence-corrected chi connectivity index (χ1v) is 7.85. The lowest BCUT2D eigenvalue weighted by Gasteiger charge is -2.19. The van der Waals surface area contributed by atoms with Crippen molar-refractivity contribution < 1.29 is 15.0 Å². The van der Waals surface area contributed by atoms with E-state index in [1.165, 1.54) is 6.33 Å². The van der Waals surface area contributed by atoms with E-state index in [0.717, 1.165) is 16.7 Å². The number of aliphatic hydroxyl groups is 2. The van der Waals surface area contributed by atoms with Crippen molar-refractivity contribution in [2.75, 3.05) is 13.2 Å². The third-order valence-corrected chi connectivity index (χ3v) is 4.13. The molecule has 3 rings (SSSR count). The van der Waals surface area contributed by atoms with Gasteiger partial charge in [-0.3, -0.25) is 4.79 Å². The smallest absolute Gasteiger partial charge is 0.237 e. The molecule has 7 nitrogen and oxygen atoms in total. The van der Waals surface area contributed by atoms with Crippen molar-refractivity contribution in [2.24, 2.45) is 0 Å². The topological polar surface area (TPSA) is 107 Å². The molecule has 1 saturated heterocycles. The molecule has 0 unspecified atom stereocenters. The van der Waals surface area contributed by atoms with Crippen LogP contribution in [0.2, 0.25) is 0 Å². The number of amides is 1. The second-order valence-corrected chi connectivity index (χ2v) is 5.84. The monoisotopic (exact) mass is 328 g/mol. The van der Waals surface area contributed by atoms with Crippen molar-refractivity contribution in [3.63, 3.8) is 0 Å². The number of β-amino-alcohol motifs (C(OH)–C–C–N with tert-alkyl or cyclic N) is 1. The molecular weight excluding hydrogens is 308 g/mol. The van der Waals surface area contributed by atoms with E-state index >= 15 is 0 Å². The number of carbonyl (C=O) groups is 1. The Morgan fingerprint density at radius 3 is 2.54 bits per heavy atom. The lowest BCUT2D eigenvalue weighted by molar-refractivity contribution is -0.124. The van der Waals surface area contributed by atoms with E-state index in [2.05, 4.69) is 20.6 Å². The summed E-state index contributed by atoms with van der Waals surface area (Å²) in [6.07, 6.45) is 4.82. The number of carbonyl (C=O) groups excluding carboxylic acids is 1. The van der Waals surface area contributed by atoms with Crippen LogP contribution in [0.5, 0.6) is 0 Å². The van der Waals surface area contributed by atoms with E-state index in [9.17, 15) is 15.0 Å².